The van der Waals surface area contributed by atoms with Crippen molar-refractivity contribution >= 4 is 0 Å². The predicted molar refractivity (Wildman–Crippen MR) is 50.9 cm³/mol. The minimum atomic E-state index is 1.09. The van der Waals surface area contributed by atoms with Crippen LogP contribution >= 0.6 is 0 Å². The molecule has 0 aromatic rings. The van der Waals surface area contributed by atoms with Gasteiger partial charge in [-0.1, -0.05) is 13.8 Å². The summed E-state index contributed by atoms with van der Waals surface area (Å²) in [4.78, 5) is 2.36. The molecule has 2 nitrogen and oxygen atoms in total. The lowest BCUT2D eigenvalue weighted by Crippen LogP contribution is -2.10. The van der Waals surface area contributed by atoms with Gasteiger partial charge in [-0.3, -0.25) is 0 Å². The molecule has 1 rings (SSSR count). The van der Waals surface area contributed by atoms with Gasteiger partial charge in [0.15, 0.2) is 0 Å². The van der Waals surface area contributed by atoms with E-state index >= 15 is 0 Å². The maximum atomic E-state index is 3.11. The zero-order chi connectivity index (χ0) is 8.53. The summed E-state index contributed by atoms with van der Waals surface area (Å²) in [5.74, 6) is 0. The Morgan fingerprint density at radius 2 is 1.55 bits per heavy atom. The van der Waals surface area contributed by atoms with Crippen molar-refractivity contribution in [3.05, 3.63) is 0 Å². The van der Waals surface area contributed by atoms with Crippen LogP contribution in [0.15, 0.2) is 0 Å². The smallest absolute Gasteiger partial charge is 0.00213 e. The highest BCUT2D eigenvalue weighted by Gasteiger charge is 2.03. The summed E-state index contributed by atoms with van der Waals surface area (Å²) in [6.07, 6.45) is 2.83. The zero-order valence-electron chi connectivity index (χ0n) is 8.19. The van der Waals surface area contributed by atoms with Crippen molar-refractivity contribution in [1.29, 1.82) is 0 Å². The van der Waals surface area contributed by atoms with Gasteiger partial charge in [-0.2, -0.15) is 0 Å². The van der Waals surface area contributed by atoms with Crippen LogP contribution in [0.2, 0.25) is 0 Å². The molecule has 0 bridgehead atoms. The highest BCUT2D eigenvalue weighted by atomic mass is 15.1. The van der Waals surface area contributed by atoms with Gasteiger partial charge in [0.2, 0.25) is 0 Å². The Balaban J connectivity index is 0.000000187. The van der Waals surface area contributed by atoms with Gasteiger partial charge < -0.3 is 10.2 Å². The third kappa shape index (κ3) is 7.82. The van der Waals surface area contributed by atoms with E-state index < -0.39 is 0 Å². The summed E-state index contributed by atoms with van der Waals surface area (Å²) in [5.41, 5.74) is 0. The Kier molecular flexibility index (Phi) is 7.96. The minimum Gasteiger partial charge on any atom is -0.317 e. The SMILES string of the molecule is CCNCC.CN1CCCC1. The molecule has 0 atom stereocenters. The van der Waals surface area contributed by atoms with Crippen molar-refractivity contribution < 1.29 is 0 Å². The van der Waals surface area contributed by atoms with Gasteiger partial charge >= 0.3 is 0 Å². The molecule has 0 spiro atoms. The molecule has 0 saturated carbocycles. The minimum absolute atomic E-state index is 1.09. The largest absolute Gasteiger partial charge is 0.317 e. The molecule has 0 aromatic heterocycles. The second-order valence-electron chi connectivity index (χ2n) is 2.97. The Hall–Kier alpha value is -0.0800. The molecular formula is C9H22N2. The average molecular weight is 158 g/mol. The quantitative estimate of drug-likeness (QED) is 0.652. The number of hydrogen-bond acceptors (Lipinski definition) is 2. The third-order valence-corrected chi connectivity index (χ3v) is 1.83. The number of rotatable bonds is 2. The van der Waals surface area contributed by atoms with E-state index in [2.05, 4.69) is 31.1 Å². The van der Waals surface area contributed by atoms with Crippen molar-refractivity contribution in [2.45, 2.75) is 26.7 Å². The molecule has 1 N–H and O–H groups in total. The van der Waals surface area contributed by atoms with E-state index in [1.54, 1.807) is 0 Å². The van der Waals surface area contributed by atoms with Crippen molar-refractivity contribution in [2.24, 2.45) is 0 Å². The second kappa shape index (κ2) is 8.02. The van der Waals surface area contributed by atoms with Crippen LogP contribution in [-0.4, -0.2) is 38.1 Å². The Labute approximate surface area is 71.0 Å². The van der Waals surface area contributed by atoms with E-state index in [1.807, 2.05) is 0 Å². The first-order chi connectivity index (χ1) is 5.31. The predicted octanol–water partition coefficient (Wildman–Crippen LogP) is 1.33. The lowest BCUT2D eigenvalue weighted by Gasteiger charge is -2.01. The average Bonchev–Trinajstić information content (AvgIpc) is 2.43. The first kappa shape index (κ1) is 10.9. The fraction of sp³-hybridized carbons (Fsp3) is 1.00. The molecule has 2 heteroatoms. The van der Waals surface area contributed by atoms with E-state index in [9.17, 15) is 0 Å². The van der Waals surface area contributed by atoms with Gasteiger partial charge in [-0.15, -0.1) is 0 Å². The monoisotopic (exact) mass is 158 g/mol. The van der Waals surface area contributed by atoms with E-state index in [0.29, 0.717) is 0 Å². The molecule has 0 aromatic carbocycles. The van der Waals surface area contributed by atoms with Gasteiger partial charge in [0, 0.05) is 0 Å². The number of hydrogen-bond donors (Lipinski definition) is 1. The maximum absolute atomic E-state index is 3.11. The van der Waals surface area contributed by atoms with Crippen LogP contribution in [0.4, 0.5) is 0 Å². The van der Waals surface area contributed by atoms with Gasteiger partial charge in [-0.05, 0) is 46.1 Å². The molecule has 11 heavy (non-hydrogen) atoms. The topological polar surface area (TPSA) is 15.3 Å². The van der Waals surface area contributed by atoms with Crippen molar-refractivity contribution in [3.8, 4) is 0 Å². The second-order valence-corrected chi connectivity index (χ2v) is 2.97. The standard InChI is InChI=1S/C5H11N.C4H11N/c1-6-4-2-3-5-6;1-3-5-4-2/h2-5H2,1H3;5H,3-4H2,1-2H3. The highest BCUT2D eigenvalue weighted by Crippen LogP contribution is 2.01. The molecular weight excluding hydrogens is 136 g/mol. The van der Waals surface area contributed by atoms with Gasteiger partial charge in [0.1, 0.15) is 0 Å². The van der Waals surface area contributed by atoms with Crippen LogP contribution in [-0.2, 0) is 0 Å². The van der Waals surface area contributed by atoms with Crippen LogP contribution < -0.4 is 5.32 Å². The highest BCUT2D eigenvalue weighted by molar-refractivity contribution is 4.59. The lowest BCUT2D eigenvalue weighted by molar-refractivity contribution is 0.418. The Morgan fingerprint density at radius 1 is 1.09 bits per heavy atom. The number of nitrogens with one attached hydrogen (secondary N) is 1. The fourth-order valence-corrected chi connectivity index (χ4v) is 1.13. The van der Waals surface area contributed by atoms with Crippen molar-refractivity contribution in [1.82, 2.24) is 10.2 Å². The summed E-state index contributed by atoms with van der Waals surface area (Å²) in [6, 6.07) is 0. The summed E-state index contributed by atoms with van der Waals surface area (Å²) >= 11 is 0. The molecule has 0 aliphatic carbocycles. The van der Waals surface area contributed by atoms with E-state index in [4.69, 9.17) is 0 Å². The fourth-order valence-electron chi connectivity index (χ4n) is 1.13. The van der Waals surface area contributed by atoms with Gasteiger partial charge in [0.25, 0.3) is 0 Å². The summed E-state index contributed by atoms with van der Waals surface area (Å²) in [6.45, 7) is 9.03. The molecule has 0 amide bonds. The maximum Gasteiger partial charge on any atom is -0.00213 e. The summed E-state index contributed by atoms with van der Waals surface area (Å²) < 4.78 is 0. The molecule has 1 fully saturated rings. The van der Waals surface area contributed by atoms with E-state index in [-0.39, 0.29) is 0 Å². The number of nitrogens with zero attached hydrogens (tertiary/aromatic N) is 1. The first-order valence-corrected chi connectivity index (χ1v) is 4.70. The zero-order valence-corrected chi connectivity index (χ0v) is 8.19. The van der Waals surface area contributed by atoms with Gasteiger partial charge in [-0.25, -0.2) is 0 Å². The molecule has 0 radical (unpaired) electrons. The van der Waals surface area contributed by atoms with Crippen molar-refractivity contribution in [2.75, 3.05) is 33.2 Å². The van der Waals surface area contributed by atoms with E-state index in [1.165, 1.54) is 25.9 Å². The molecule has 1 aliphatic rings. The van der Waals surface area contributed by atoms with E-state index in [0.717, 1.165) is 13.1 Å². The Morgan fingerprint density at radius 3 is 1.64 bits per heavy atom. The summed E-state index contributed by atoms with van der Waals surface area (Å²) in [7, 11) is 2.17. The number of likely N-dealkylation sites (tertiary alicyclic amines) is 1. The van der Waals surface area contributed by atoms with Crippen LogP contribution in [0.25, 0.3) is 0 Å². The van der Waals surface area contributed by atoms with Crippen LogP contribution in [0.3, 0.4) is 0 Å². The normalized spacial score (nSPS) is 17.7. The molecule has 1 heterocycles. The molecule has 68 valence electrons. The molecule has 1 saturated heterocycles. The van der Waals surface area contributed by atoms with Gasteiger partial charge in [0.05, 0.1) is 0 Å². The van der Waals surface area contributed by atoms with Crippen molar-refractivity contribution in [3.63, 3.8) is 0 Å². The molecule has 0 unspecified atom stereocenters. The van der Waals surface area contributed by atoms with Crippen LogP contribution in [0.5, 0.6) is 0 Å². The lowest BCUT2D eigenvalue weighted by atomic mass is 10.4. The first-order valence-electron chi connectivity index (χ1n) is 4.70. The van der Waals surface area contributed by atoms with Crippen LogP contribution in [0.1, 0.15) is 26.7 Å². The van der Waals surface area contributed by atoms with Crippen LogP contribution in [0, 0.1) is 0 Å². The molecule has 1 aliphatic heterocycles. The Bertz CT molecular complexity index is 66.0. The third-order valence-electron chi connectivity index (χ3n) is 1.83. The summed E-state index contributed by atoms with van der Waals surface area (Å²) in [5, 5.41) is 3.11.